The van der Waals surface area contributed by atoms with Crippen molar-refractivity contribution in [1.82, 2.24) is 0 Å². The Hall–Kier alpha value is -0.510. The first kappa shape index (κ1) is 12.9. The van der Waals surface area contributed by atoms with Gasteiger partial charge in [0.1, 0.15) is 17.5 Å². The molecule has 17 heavy (non-hydrogen) atoms. The third kappa shape index (κ3) is 2.37. The molecule has 0 nitrogen and oxygen atoms in total. The minimum atomic E-state index is -0.875. The fourth-order valence-electron chi connectivity index (χ4n) is 2.58. The van der Waals surface area contributed by atoms with Gasteiger partial charge in [0.05, 0.1) is 4.83 Å². The zero-order valence-corrected chi connectivity index (χ0v) is 11.2. The Morgan fingerprint density at radius 3 is 2.06 bits per heavy atom. The third-order valence-electron chi connectivity index (χ3n) is 3.65. The lowest BCUT2D eigenvalue weighted by Crippen LogP contribution is -2.20. The van der Waals surface area contributed by atoms with Gasteiger partial charge in [0, 0.05) is 17.7 Å². The van der Waals surface area contributed by atoms with E-state index in [1.165, 1.54) is 0 Å². The van der Waals surface area contributed by atoms with Gasteiger partial charge < -0.3 is 0 Å². The molecule has 0 amide bonds. The lowest BCUT2D eigenvalue weighted by molar-refractivity contribution is 0.319. The van der Waals surface area contributed by atoms with Gasteiger partial charge in [0.25, 0.3) is 0 Å². The van der Waals surface area contributed by atoms with Crippen molar-refractivity contribution in [2.24, 2.45) is 5.41 Å². The fraction of sp³-hybridized carbons (Fsp3) is 0.538. The standard InChI is InChI=1S/C13H14BrF3/c1-13(4-2-3-5-13)12(14)11-9(16)6-8(15)7-10(11)17/h6-7,12H,2-5H2,1H3. The highest BCUT2D eigenvalue weighted by atomic mass is 79.9. The van der Waals surface area contributed by atoms with Gasteiger partial charge in [0.15, 0.2) is 0 Å². The quantitative estimate of drug-likeness (QED) is 0.665. The molecule has 0 heterocycles. The zero-order valence-electron chi connectivity index (χ0n) is 9.57. The average Bonchev–Trinajstić information content (AvgIpc) is 2.64. The van der Waals surface area contributed by atoms with Gasteiger partial charge in [-0.1, -0.05) is 35.7 Å². The van der Waals surface area contributed by atoms with Crippen LogP contribution in [0.5, 0.6) is 0 Å². The number of benzene rings is 1. The van der Waals surface area contributed by atoms with Crippen LogP contribution in [0.3, 0.4) is 0 Å². The molecule has 0 aliphatic heterocycles. The second-order valence-electron chi connectivity index (χ2n) is 5.01. The molecular formula is C13H14BrF3. The Morgan fingerprint density at radius 1 is 1.12 bits per heavy atom. The van der Waals surface area contributed by atoms with Crippen LogP contribution in [-0.4, -0.2) is 0 Å². The Kier molecular flexibility index (Phi) is 3.53. The van der Waals surface area contributed by atoms with Crippen LogP contribution in [-0.2, 0) is 0 Å². The van der Waals surface area contributed by atoms with Crippen LogP contribution in [0.25, 0.3) is 0 Å². The summed E-state index contributed by atoms with van der Waals surface area (Å²) in [7, 11) is 0. The highest BCUT2D eigenvalue weighted by Gasteiger charge is 2.39. The summed E-state index contributed by atoms with van der Waals surface area (Å²) in [5.41, 5.74) is -0.199. The van der Waals surface area contributed by atoms with Gasteiger partial charge in [0.2, 0.25) is 0 Å². The lowest BCUT2D eigenvalue weighted by Gasteiger charge is -2.30. The van der Waals surface area contributed by atoms with E-state index in [1.807, 2.05) is 6.92 Å². The molecule has 1 aromatic rings. The van der Waals surface area contributed by atoms with Gasteiger partial charge in [-0.05, 0) is 18.3 Å². The van der Waals surface area contributed by atoms with Gasteiger partial charge in [-0.25, -0.2) is 13.2 Å². The summed E-state index contributed by atoms with van der Waals surface area (Å²) < 4.78 is 40.2. The van der Waals surface area contributed by atoms with E-state index < -0.39 is 22.3 Å². The van der Waals surface area contributed by atoms with Crippen molar-refractivity contribution in [2.45, 2.75) is 37.4 Å². The van der Waals surface area contributed by atoms with Crippen molar-refractivity contribution in [3.8, 4) is 0 Å². The first-order chi connectivity index (χ1) is 7.94. The smallest absolute Gasteiger partial charge is 0.133 e. The molecule has 0 bridgehead atoms. The Morgan fingerprint density at radius 2 is 1.59 bits per heavy atom. The molecule has 2 rings (SSSR count). The van der Waals surface area contributed by atoms with Crippen LogP contribution in [0.2, 0.25) is 0 Å². The maximum atomic E-state index is 13.7. The van der Waals surface area contributed by atoms with Gasteiger partial charge in [-0.2, -0.15) is 0 Å². The molecule has 1 aliphatic carbocycles. The maximum absolute atomic E-state index is 13.7. The molecule has 1 fully saturated rings. The molecule has 1 aromatic carbocycles. The third-order valence-corrected chi connectivity index (χ3v) is 5.22. The summed E-state index contributed by atoms with van der Waals surface area (Å²) in [5.74, 6) is -2.49. The van der Waals surface area contributed by atoms with E-state index in [4.69, 9.17) is 0 Å². The van der Waals surface area contributed by atoms with Gasteiger partial charge in [-0.15, -0.1) is 0 Å². The van der Waals surface area contributed by atoms with Crippen LogP contribution >= 0.6 is 15.9 Å². The van der Waals surface area contributed by atoms with Gasteiger partial charge in [-0.3, -0.25) is 0 Å². The first-order valence-electron chi connectivity index (χ1n) is 5.72. The van der Waals surface area contributed by atoms with Crippen LogP contribution in [0.15, 0.2) is 12.1 Å². The zero-order chi connectivity index (χ0) is 12.6. The van der Waals surface area contributed by atoms with Crippen molar-refractivity contribution in [1.29, 1.82) is 0 Å². The van der Waals surface area contributed by atoms with Crippen LogP contribution < -0.4 is 0 Å². The normalized spacial score (nSPS) is 20.5. The van der Waals surface area contributed by atoms with Crippen molar-refractivity contribution in [2.75, 3.05) is 0 Å². The van der Waals surface area contributed by atoms with Gasteiger partial charge >= 0.3 is 0 Å². The number of rotatable bonds is 2. The summed E-state index contributed by atoms with van der Waals surface area (Å²) in [5, 5.41) is 0. The molecule has 0 saturated heterocycles. The van der Waals surface area contributed by atoms with Crippen LogP contribution in [0, 0.1) is 22.9 Å². The molecule has 1 atom stereocenters. The van der Waals surface area contributed by atoms with E-state index in [0.29, 0.717) is 0 Å². The van der Waals surface area contributed by atoms with E-state index in [2.05, 4.69) is 15.9 Å². The van der Waals surface area contributed by atoms with Crippen molar-refractivity contribution < 1.29 is 13.2 Å². The molecule has 1 saturated carbocycles. The predicted octanol–water partition coefficient (Wildman–Crippen LogP) is 5.12. The minimum Gasteiger partial charge on any atom is -0.207 e. The highest BCUT2D eigenvalue weighted by Crippen LogP contribution is 2.52. The lowest BCUT2D eigenvalue weighted by atomic mass is 9.81. The molecule has 94 valence electrons. The number of halogens is 4. The minimum absolute atomic E-state index is 0.0456. The van der Waals surface area contributed by atoms with E-state index in [9.17, 15) is 13.2 Å². The Labute approximate surface area is 107 Å². The molecule has 4 heteroatoms. The Balaban J connectivity index is 2.40. The monoisotopic (exact) mass is 306 g/mol. The topological polar surface area (TPSA) is 0 Å². The maximum Gasteiger partial charge on any atom is 0.133 e. The van der Waals surface area contributed by atoms with Crippen molar-refractivity contribution >= 4 is 15.9 Å². The molecule has 1 unspecified atom stereocenters. The van der Waals surface area contributed by atoms with Crippen molar-refractivity contribution in [3.05, 3.63) is 35.1 Å². The molecule has 0 N–H and O–H groups in total. The number of hydrogen-bond donors (Lipinski definition) is 0. The molecule has 0 aromatic heterocycles. The summed E-state index contributed by atoms with van der Waals surface area (Å²) in [6.45, 7) is 2.02. The predicted molar refractivity (Wildman–Crippen MR) is 64.6 cm³/mol. The van der Waals surface area contributed by atoms with E-state index >= 15 is 0 Å². The Bertz CT molecular complexity index is 402. The summed E-state index contributed by atoms with van der Waals surface area (Å²) >= 11 is 3.39. The second kappa shape index (κ2) is 4.63. The SMILES string of the molecule is CC1(C(Br)c2c(F)cc(F)cc2F)CCCC1. The number of alkyl halides is 1. The van der Waals surface area contributed by atoms with Crippen LogP contribution in [0.4, 0.5) is 13.2 Å². The summed E-state index contributed by atoms with van der Waals surface area (Å²) in [6.07, 6.45) is 4.00. The molecule has 0 spiro atoms. The molecule has 1 aliphatic rings. The largest absolute Gasteiger partial charge is 0.207 e. The molecule has 0 radical (unpaired) electrons. The van der Waals surface area contributed by atoms with Crippen molar-refractivity contribution in [3.63, 3.8) is 0 Å². The van der Waals surface area contributed by atoms with E-state index in [1.54, 1.807) is 0 Å². The summed E-state index contributed by atoms with van der Waals surface area (Å²) in [6, 6.07) is 1.48. The van der Waals surface area contributed by atoms with Crippen LogP contribution in [0.1, 0.15) is 43.0 Å². The number of hydrogen-bond acceptors (Lipinski definition) is 0. The highest BCUT2D eigenvalue weighted by molar-refractivity contribution is 9.09. The van der Waals surface area contributed by atoms with E-state index in [-0.39, 0.29) is 11.0 Å². The molecular weight excluding hydrogens is 293 g/mol. The second-order valence-corrected chi connectivity index (χ2v) is 5.92. The average molecular weight is 307 g/mol. The first-order valence-corrected chi connectivity index (χ1v) is 6.64. The summed E-state index contributed by atoms with van der Waals surface area (Å²) in [4.78, 5) is -0.405. The van der Waals surface area contributed by atoms with E-state index in [0.717, 1.165) is 37.8 Å². The fourth-order valence-corrected chi connectivity index (χ4v) is 3.48.